The minimum Gasteiger partial charge on any atom is -0.486 e. The molecule has 154 valence electrons. The Labute approximate surface area is 170 Å². The first-order valence-electron chi connectivity index (χ1n) is 8.97. The summed E-state index contributed by atoms with van der Waals surface area (Å²) < 4.78 is 40.3. The van der Waals surface area contributed by atoms with E-state index in [1.54, 1.807) is 25.5 Å². The molecule has 0 spiro atoms. The zero-order valence-electron chi connectivity index (χ0n) is 16.6. The van der Waals surface area contributed by atoms with Gasteiger partial charge in [-0.15, -0.1) is 0 Å². The minimum absolute atomic E-state index is 0.258. The molecule has 2 atom stereocenters. The van der Waals surface area contributed by atoms with Gasteiger partial charge in [0.1, 0.15) is 29.8 Å². The standard InChI is InChI=1S/C20H23FN4O3S/c1-12-7-15(25-29(4)26)9-17-19(12)20(23-11-22-17)24-16-6-5-14(21)8-18(16)28-13(2)10-27-3/h5-9,11,13,29H,10H2,1-4H3,(H,22,23,24). The van der Waals surface area contributed by atoms with Crippen LogP contribution in [0, 0.1) is 12.7 Å². The van der Waals surface area contributed by atoms with Gasteiger partial charge in [-0.1, -0.05) is 0 Å². The van der Waals surface area contributed by atoms with E-state index in [0.717, 1.165) is 10.9 Å². The number of aromatic nitrogens is 2. The number of methoxy groups -OCH3 is 1. The Kier molecular flexibility index (Phi) is 6.60. The third-order valence-electron chi connectivity index (χ3n) is 4.10. The first-order valence-corrected chi connectivity index (χ1v) is 10.6. The van der Waals surface area contributed by atoms with Crippen LogP contribution >= 0.6 is 0 Å². The van der Waals surface area contributed by atoms with Gasteiger partial charge in [-0.3, -0.25) is 4.21 Å². The lowest BCUT2D eigenvalue weighted by atomic mass is 10.1. The van der Waals surface area contributed by atoms with Crippen LogP contribution in [0.25, 0.3) is 10.9 Å². The van der Waals surface area contributed by atoms with Crippen molar-refractivity contribution in [2.24, 2.45) is 4.36 Å². The van der Waals surface area contributed by atoms with Crippen LogP contribution in [0.3, 0.4) is 0 Å². The predicted molar refractivity (Wildman–Crippen MR) is 113 cm³/mol. The monoisotopic (exact) mass is 418 g/mol. The molecule has 1 heterocycles. The molecule has 0 saturated heterocycles. The van der Waals surface area contributed by atoms with Crippen LogP contribution in [0.4, 0.5) is 21.6 Å². The number of thiol groups is 1. The van der Waals surface area contributed by atoms with Gasteiger partial charge in [0, 0.05) is 35.4 Å². The highest BCUT2D eigenvalue weighted by molar-refractivity contribution is 7.74. The van der Waals surface area contributed by atoms with Crippen LogP contribution in [0.5, 0.6) is 5.75 Å². The fraction of sp³-hybridized carbons (Fsp3) is 0.300. The summed E-state index contributed by atoms with van der Waals surface area (Å²) >= 11 is 0. The van der Waals surface area contributed by atoms with Gasteiger partial charge in [0.2, 0.25) is 0 Å². The number of nitrogens with zero attached hydrogens (tertiary/aromatic N) is 3. The van der Waals surface area contributed by atoms with Crippen LogP contribution < -0.4 is 10.1 Å². The van der Waals surface area contributed by atoms with Crippen LogP contribution in [-0.4, -0.2) is 40.3 Å². The van der Waals surface area contributed by atoms with E-state index >= 15 is 0 Å². The molecule has 7 nitrogen and oxygen atoms in total. The summed E-state index contributed by atoms with van der Waals surface area (Å²) in [6, 6.07) is 7.85. The van der Waals surface area contributed by atoms with Gasteiger partial charge in [0.15, 0.2) is 0 Å². The highest BCUT2D eigenvalue weighted by atomic mass is 32.2. The Morgan fingerprint density at radius 1 is 1.28 bits per heavy atom. The van der Waals surface area contributed by atoms with Crippen LogP contribution in [0.1, 0.15) is 12.5 Å². The summed E-state index contributed by atoms with van der Waals surface area (Å²) in [6.07, 6.45) is 2.71. The van der Waals surface area contributed by atoms with Crippen LogP contribution in [-0.2, 0) is 15.3 Å². The summed E-state index contributed by atoms with van der Waals surface area (Å²) in [5, 5.41) is 4.01. The van der Waals surface area contributed by atoms with Crippen molar-refractivity contribution in [3.63, 3.8) is 0 Å². The highest BCUT2D eigenvalue weighted by Gasteiger charge is 2.14. The molecule has 29 heavy (non-hydrogen) atoms. The molecule has 9 heteroatoms. The summed E-state index contributed by atoms with van der Waals surface area (Å²) in [6.45, 7) is 4.12. The van der Waals surface area contributed by atoms with Crippen LogP contribution in [0.2, 0.25) is 0 Å². The zero-order chi connectivity index (χ0) is 21.0. The lowest BCUT2D eigenvalue weighted by molar-refractivity contribution is 0.0923. The van der Waals surface area contributed by atoms with E-state index in [-0.39, 0.29) is 6.10 Å². The molecule has 0 amide bonds. The van der Waals surface area contributed by atoms with Crippen molar-refractivity contribution in [1.29, 1.82) is 0 Å². The maximum atomic E-state index is 13.8. The van der Waals surface area contributed by atoms with Crippen LogP contribution in [0.15, 0.2) is 41.0 Å². The molecule has 2 aromatic carbocycles. The first-order chi connectivity index (χ1) is 13.9. The molecule has 0 aliphatic carbocycles. The fourth-order valence-electron chi connectivity index (χ4n) is 3.00. The van der Waals surface area contributed by atoms with Gasteiger partial charge in [0.05, 0.1) is 23.5 Å². The summed E-state index contributed by atoms with van der Waals surface area (Å²) in [7, 11) is -0.0786. The molecular weight excluding hydrogens is 395 g/mol. The summed E-state index contributed by atoms with van der Waals surface area (Å²) in [5.74, 6) is 0.503. The molecule has 0 saturated carbocycles. The van der Waals surface area contributed by atoms with Gasteiger partial charge in [-0.2, -0.15) is 0 Å². The molecule has 0 bridgehead atoms. The smallest absolute Gasteiger partial charge is 0.146 e. The highest BCUT2D eigenvalue weighted by Crippen LogP contribution is 2.33. The predicted octanol–water partition coefficient (Wildman–Crippen LogP) is 4.16. The molecule has 0 radical (unpaired) electrons. The van der Waals surface area contributed by atoms with Crippen molar-refractivity contribution in [3.05, 3.63) is 48.0 Å². The van der Waals surface area contributed by atoms with E-state index in [9.17, 15) is 8.60 Å². The molecule has 1 aromatic heterocycles. The minimum atomic E-state index is -1.66. The molecule has 1 N–H and O–H groups in total. The summed E-state index contributed by atoms with van der Waals surface area (Å²) in [5.41, 5.74) is 2.70. The second-order valence-electron chi connectivity index (χ2n) is 6.59. The van der Waals surface area contributed by atoms with E-state index in [4.69, 9.17) is 9.47 Å². The Balaban J connectivity index is 2.03. The van der Waals surface area contributed by atoms with Gasteiger partial charge < -0.3 is 14.8 Å². The van der Waals surface area contributed by atoms with E-state index in [2.05, 4.69) is 19.6 Å². The van der Waals surface area contributed by atoms with Crippen molar-refractivity contribution in [1.82, 2.24) is 9.97 Å². The van der Waals surface area contributed by atoms with Crippen molar-refractivity contribution in [3.8, 4) is 5.75 Å². The lowest BCUT2D eigenvalue weighted by Gasteiger charge is -2.18. The number of benzene rings is 2. The molecular formula is C20H23FN4O3S. The number of hydrogen-bond acceptors (Lipinski definition) is 7. The van der Waals surface area contributed by atoms with E-state index in [0.29, 0.717) is 35.1 Å². The van der Waals surface area contributed by atoms with Gasteiger partial charge in [-0.05, 0) is 43.7 Å². The average molecular weight is 418 g/mol. The fourth-order valence-corrected chi connectivity index (χ4v) is 3.44. The Hall–Kier alpha value is -2.78. The Morgan fingerprint density at radius 2 is 2.07 bits per heavy atom. The summed E-state index contributed by atoms with van der Waals surface area (Å²) in [4.78, 5) is 8.66. The molecule has 0 aliphatic rings. The van der Waals surface area contributed by atoms with Gasteiger partial charge in [-0.25, -0.2) is 18.7 Å². The Morgan fingerprint density at radius 3 is 2.79 bits per heavy atom. The first kappa shape index (κ1) is 20.9. The SMILES string of the molecule is COCC(C)Oc1cc(F)ccc1Nc1ncnc2cc(/N=[SH](/C)=O)cc(C)c12. The van der Waals surface area contributed by atoms with E-state index in [1.807, 2.05) is 19.9 Å². The van der Waals surface area contributed by atoms with Crippen molar-refractivity contribution >= 4 is 38.7 Å². The van der Waals surface area contributed by atoms with Crippen molar-refractivity contribution in [2.45, 2.75) is 20.0 Å². The molecule has 3 rings (SSSR count). The number of fused-ring (bicyclic) bond motifs is 1. The average Bonchev–Trinajstić information content (AvgIpc) is 2.63. The van der Waals surface area contributed by atoms with Crippen molar-refractivity contribution < 1.29 is 18.1 Å². The number of nitrogens with one attached hydrogen (secondary N) is 1. The zero-order valence-corrected chi connectivity index (χ0v) is 17.5. The van der Waals surface area contributed by atoms with Gasteiger partial charge >= 0.3 is 0 Å². The molecule has 3 aromatic rings. The second-order valence-corrected chi connectivity index (χ2v) is 7.72. The Bertz CT molecular complexity index is 1120. The quantitative estimate of drug-likeness (QED) is 0.561. The lowest BCUT2D eigenvalue weighted by Crippen LogP contribution is -2.18. The number of aryl methyl sites for hydroxylation is 1. The number of hydrogen-bond donors (Lipinski definition) is 2. The topological polar surface area (TPSA) is 85.7 Å². The number of ether oxygens (including phenoxy) is 2. The van der Waals surface area contributed by atoms with Crippen molar-refractivity contribution in [2.75, 3.05) is 25.3 Å². The third-order valence-corrected chi connectivity index (χ3v) is 4.62. The number of anilines is 2. The van der Waals surface area contributed by atoms with E-state index in [1.165, 1.54) is 18.5 Å². The van der Waals surface area contributed by atoms with E-state index < -0.39 is 16.4 Å². The second kappa shape index (κ2) is 9.15. The molecule has 0 aliphatic heterocycles. The molecule has 0 fully saturated rings. The third kappa shape index (κ3) is 5.18. The molecule has 2 unspecified atom stereocenters. The normalized spacial score (nSPS) is 13.4. The number of rotatable bonds is 7. The maximum absolute atomic E-state index is 13.8. The van der Waals surface area contributed by atoms with Gasteiger partial charge in [0.25, 0.3) is 0 Å². The maximum Gasteiger partial charge on any atom is 0.146 e. The largest absolute Gasteiger partial charge is 0.486 e. The number of halogens is 1.